The van der Waals surface area contributed by atoms with Crippen molar-refractivity contribution in [1.29, 1.82) is 0 Å². The first-order chi connectivity index (χ1) is 11.1. The van der Waals surface area contributed by atoms with Crippen LogP contribution in [0.25, 0.3) is 0 Å². The average molecular weight is 336 g/mol. The first-order valence-electron chi connectivity index (χ1n) is 8.29. The zero-order chi connectivity index (χ0) is 16.0. The summed E-state index contributed by atoms with van der Waals surface area (Å²) in [5, 5.41) is 4.33. The molecule has 3 saturated heterocycles. The summed E-state index contributed by atoms with van der Waals surface area (Å²) in [7, 11) is 1.77. The number of benzene rings is 1. The van der Waals surface area contributed by atoms with Gasteiger partial charge in [0.05, 0.1) is 5.69 Å². The van der Waals surface area contributed by atoms with Crippen molar-refractivity contribution in [2.45, 2.75) is 25.4 Å². The van der Waals surface area contributed by atoms with E-state index in [9.17, 15) is 4.79 Å². The highest BCUT2D eigenvalue weighted by Gasteiger charge is 2.34. The van der Waals surface area contributed by atoms with E-state index in [1.807, 2.05) is 6.07 Å². The highest BCUT2D eigenvalue weighted by molar-refractivity contribution is 6.31. The minimum absolute atomic E-state index is 0.0453. The Morgan fingerprint density at radius 1 is 1.35 bits per heavy atom. The van der Waals surface area contributed by atoms with Gasteiger partial charge in [-0.25, -0.2) is 0 Å². The molecule has 6 heteroatoms. The third kappa shape index (κ3) is 2.82. The molecule has 5 nitrogen and oxygen atoms in total. The van der Waals surface area contributed by atoms with Gasteiger partial charge < -0.3 is 19.9 Å². The van der Waals surface area contributed by atoms with E-state index in [1.165, 1.54) is 25.9 Å². The molecular formula is C17H22ClN3O2. The number of nitrogens with zero attached hydrogens (tertiary/aromatic N) is 2. The van der Waals surface area contributed by atoms with Crippen LogP contribution in [0.5, 0.6) is 5.75 Å². The highest BCUT2D eigenvalue weighted by Crippen LogP contribution is 2.38. The molecule has 1 aromatic rings. The van der Waals surface area contributed by atoms with E-state index >= 15 is 0 Å². The van der Waals surface area contributed by atoms with Gasteiger partial charge in [-0.05, 0) is 44.0 Å². The first kappa shape index (κ1) is 15.2. The van der Waals surface area contributed by atoms with E-state index in [-0.39, 0.29) is 12.5 Å². The monoisotopic (exact) mass is 335 g/mol. The Hall–Kier alpha value is -1.30. The highest BCUT2D eigenvalue weighted by atomic mass is 35.5. The summed E-state index contributed by atoms with van der Waals surface area (Å²) >= 11 is 6.25. The van der Waals surface area contributed by atoms with Crippen LogP contribution in [0, 0.1) is 5.92 Å². The molecule has 0 saturated carbocycles. The number of nitrogens with one attached hydrogen (secondary N) is 1. The maximum absolute atomic E-state index is 11.8. The Bertz CT molecular complexity index is 629. The molecule has 0 radical (unpaired) electrons. The molecule has 2 bridgehead atoms. The van der Waals surface area contributed by atoms with Crippen molar-refractivity contribution in [3.05, 3.63) is 22.7 Å². The molecule has 0 aliphatic carbocycles. The molecule has 124 valence electrons. The molecule has 1 amide bonds. The Kier molecular flexibility index (Phi) is 3.95. The van der Waals surface area contributed by atoms with Gasteiger partial charge in [-0.1, -0.05) is 11.6 Å². The van der Waals surface area contributed by atoms with Gasteiger partial charge in [-0.2, -0.15) is 0 Å². The minimum atomic E-state index is -0.0453. The van der Waals surface area contributed by atoms with E-state index in [2.05, 4.69) is 10.2 Å². The number of ether oxygens (including phenoxy) is 1. The van der Waals surface area contributed by atoms with Gasteiger partial charge >= 0.3 is 0 Å². The minimum Gasteiger partial charge on any atom is -0.481 e. The molecule has 4 heterocycles. The van der Waals surface area contributed by atoms with Gasteiger partial charge in [-0.15, -0.1) is 0 Å². The van der Waals surface area contributed by atoms with Crippen molar-refractivity contribution >= 4 is 23.2 Å². The molecule has 23 heavy (non-hydrogen) atoms. The zero-order valence-electron chi connectivity index (χ0n) is 13.3. The summed E-state index contributed by atoms with van der Waals surface area (Å²) < 4.78 is 5.69. The maximum atomic E-state index is 11.8. The fourth-order valence-electron chi connectivity index (χ4n) is 3.98. The van der Waals surface area contributed by atoms with E-state index in [0.29, 0.717) is 11.1 Å². The molecule has 1 atom stereocenters. The number of rotatable bonds is 3. The van der Waals surface area contributed by atoms with Crippen molar-refractivity contribution in [2.75, 3.05) is 38.2 Å². The van der Waals surface area contributed by atoms with E-state index in [1.54, 1.807) is 18.0 Å². The lowest BCUT2D eigenvalue weighted by atomic mass is 9.84. The topological polar surface area (TPSA) is 44.8 Å². The lowest BCUT2D eigenvalue weighted by Crippen LogP contribution is -2.55. The molecule has 0 aromatic heterocycles. The van der Waals surface area contributed by atoms with Crippen molar-refractivity contribution in [2.24, 2.45) is 5.92 Å². The maximum Gasteiger partial charge on any atom is 0.264 e. The number of piperidine rings is 3. The second-order valence-electron chi connectivity index (χ2n) is 6.78. The van der Waals surface area contributed by atoms with Crippen molar-refractivity contribution in [3.8, 4) is 5.75 Å². The zero-order valence-corrected chi connectivity index (χ0v) is 14.1. The predicted molar refractivity (Wildman–Crippen MR) is 90.1 cm³/mol. The van der Waals surface area contributed by atoms with Crippen molar-refractivity contribution in [3.63, 3.8) is 0 Å². The Balaban J connectivity index is 1.53. The SMILES string of the molecule is CN1C(=O)COc2c(CN[C@@H]3CN4CCC3CC4)cc(Cl)cc21. The summed E-state index contributed by atoms with van der Waals surface area (Å²) in [6.07, 6.45) is 2.58. The quantitative estimate of drug-likeness (QED) is 0.916. The van der Waals surface area contributed by atoms with E-state index in [4.69, 9.17) is 16.3 Å². The molecule has 1 aromatic carbocycles. The number of halogens is 1. The fourth-order valence-corrected chi connectivity index (χ4v) is 4.22. The molecule has 4 aliphatic heterocycles. The molecular weight excluding hydrogens is 314 g/mol. The molecule has 0 spiro atoms. The van der Waals surface area contributed by atoms with Crippen LogP contribution >= 0.6 is 11.6 Å². The van der Waals surface area contributed by atoms with Gasteiger partial charge in [0.1, 0.15) is 5.75 Å². The summed E-state index contributed by atoms with van der Waals surface area (Å²) in [5.74, 6) is 1.52. The van der Waals surface area contributed by atoms with Crippen LogP contribution in [-0.2, 0) is 11.3 Å². The van der Waals surface area contributed by atoms with Crippen LogP contribution < -0.4 is 15.0 Å². The Morgan fingerprint density at radius 3 is 2.83 bits per heavy atom. The van der Waals surface area contributed by atoms with Gasteiger partial charge in [0.2, 0.25) is 0 Å². The number of fused-ring (bicyclic) bond motifs is 4. The second-order valence-corrected chi connectivity index (χ2v) is 7.22. The molecule has 4 aliphatic rings. The number of carbonyl (C=O) groups excluding carboxylic acids is 1. The summed E-state index contributed by atoms with van der Waals surface area (Å²) in [5.41, 5.74) is 1.79. The summed E-state index contributed by atoms with van der Waals surface area (Å²) in [6, 6.07) is 4.28. The second kappa shape index (κ2) is 5.96. The molecule has 3 fully saturated rings. The third-order valence-corrected chi connectivity index (χ3v) is 5.62. The number of carbonyl (C=O) groups is 1. The molecule has 0 unspecified atom stereocenters. The van der Waals surface area contributed by atoms with Crippen LogP contribution in [0.15, 0.2) is 12.1 Å². The van der Waals surface area contributed by atoms with Gasteiger partial charge in [-0.3, -0.25) is 4.79 Å². The number of amides is 1. The van der Waals surface area contributed by atoms with Gasteiger partial charge in [0, 0.05) is 36.8 Å². The predicted octanol–water partition coefficient (Wildman–Crippen LogP) is 1.88. The van der Waals surface area contributed by atoms with E-state index in [0.717, 1.165) is 36.0 Å². The number of anilines is 1. The Labute approximate surface area is 141 Å². The molecule has 5 rings (SSSR count). The largest absolute Gasteiger partial charge is 0.481 e. The fraction of sp³-hybridized carbons (Fsp3) is 0.588. The van der Waals surface area contributed by atoms with Gasteiger partial charge in [0.15, 0.2) is 6.61 Å². The summed E-state index contributed by atoms with van der Waals surface area (Å²) in [6.45, 7) is 4.43. The van der Waals surface area contributed by atoms with Crippen molar-refractivity contribution < 1.29 is 9.53 Å². The van der Waals surface area contributed by atoms with Crippen LogP contribution in [0.2, 0.25) is 5.02 Å². The first-order valence-corrected chi connectivity index (χ1v) is 8.67. The van der Waals surface area contributed by atoms with Crippen LogP contribution in [0.1, 0.15) is 18.4 Å². The van der Waals surface area contributed by atoms with Crippen LogP contribution in [0.4, 0.5) is 5.69 Å². The number of likely N-dealkylation sites (N-methyl/N-ethyl adjacent to an activating group) is 1. The molecule has 1 N–H and O–H groups in total. The lowest BCUT2D eigenvalue weighted by Gasteiger charge is -2.45. The normalized spacial score (nSPS) is 29.4. The smallest absolute Gasteiger partial charge is 0.264 e. The van der Waals surface area contributed by atoms with Crippen LogP contribution in [0.3, 0.4) is 0 Å². The number of hydrogen-bond donors (Lipinski definition) is 1. The van der Waals surface area contributed by atoms with Crippen LogP contribution in [-0.4, -0.2) is 50.1 Å². The van der Waals surface area contributed by atoms with E-state index < -0.39 is 0 Å². The third-order valence-electron chi connectivity index (χ3n) is 5.40. The summed E-state index contributed by atoms with van der Waals surface area (Å²) in [4.78, 5) is 16.0. The standard InChI is InChI=1S/C17H22ClN3O2/c1-20-15-7-13(18)6-12(17(15)23-10-16(20)22)8-19-14-9-21-4-2-11(14)3-5-21/h6-7,11,14,19H,2-5,8-10H2,1H3/t14-/m1/s1. The van der Waals surface area contributed by atoms with Crippen molar-refractivity contribution in [1.82, 2.24) is 10.2 Å². The lowest BCUT2D eigenvalue weighted by molar-refractivity contribution is -0.121. The van der Waals surface area contributed by atoms with Gasteiger partial charge in [0.25, 0.3) is 5.91 Å². The Morgan fingerprint density at radius 2 is 2.13 bits per heavy atom. The average Bonchev–Trinajstić information content (AvgIpc) is 2.57. The number of hydrogen-bond acceptors (Lipinski definition) is 4.